The molecule has 22 heavy (non-hydrogen) atoms. The molecular formula is C15H23NO6. The molecule has 0 bridgehead atoms. The van der Waals surface area contributed by atoms with Crippen LogP contribution in [-0.4, -0.2) is 71.5 Å². The van der Waals surface area contributed by atoms with Crippen LogP contribution in [0.1, 0.15) is 12.5 Å². The van der Waals surface area contributed by atoms with Gasteiger partial charge in [0.05, 0.1) is 26.4 Å². The Labute approximate surface area is 129 Å². The standard InChI is InChI=1S/C15H23NO6/c1-10(19)14(9-18)22-15(20)13(8-17)16-7-11-3-5-12(21-2)6-4-11/h3-7,10,13-15,17-20H,8-9H2,1-2H3/b16-7+/t10-,13-,14?,15?/m0/s1. The first-order valence-corrected chi connectivity index (χ1v) is 6.92. The summed E-state index contributed by atoms with van der Waals surface area (Å²) in [5.74, 6) is 0.710. The predicted octanol–water partition coefficient (Wildman–Crippen LogP) is -0.448. The quantitative estimate of drug-likeness (QED) is 0.363. The molecule has 0 spiro atoms. The number of ether oxygens (including phenoxy) is 2. The fourth-order valence-electron chi connectivity index (χ4n) is 1.66. The van der Waals surface area contributed by atoms with Crippen LogP contribution in [0.25, 0.3) is 0 Å². The highest BCUT2D eigenvalue weighted by Gasteiger charge is 2.24. The molecule has 0 saturated carbocycles. The van der Waals surface area contributed by atoms with E-state index >= 15 is 0 Å². The number of benzene rings is 1. The van der Waals surface area contributed by atoms with Crippen molar-refractivity contribution >= 4 is 6.21 Å². The van der Waals surface area contributed by atoms with E-state index in [2.05, 4.69) is 4.99 Å². The van der Waals surface area contributed by atoms with E-state index in [1.54, 1.807) is 31.4 Å². The number of aliphatic hydroxyl groups excluding tert-OH is 4. The number of aliphatic imine (C=N–C) groups is 1. The van der Waals surface area contributed by atoms with Gasteiger partial charge in [-0.1, -0.05) is 0 Å². The molecule has 2 unspecified atom stereocenters. The van der Waals surface area contributed by atoms with E-state index in [-0.39, 0.29) is 0 Å². The molecule has 4 atom stereocenters. The van der Waals surface area contributed by atoms with Gasteiger partial charge >= 0.3 is 0 Å². The maximum atomic E-state index is 9.88. The largest absolute Gasteiger partial charge is 0.497 e. The number of nitrogens with zero attached hydrogens (tertiary/aromatic N) is 1. The summed E-state index contributed by atoms with van der Waals surface area (Å²) in [6, 6.07) is 6.15. The number of aliphatic hydroxyl groups is 4. The zero-order chi connectivity index (χ0) is 16.5. The second kappa shape index (κ2) is 9.50. The van der Waals surface area contributed by atoms with E-state index < -0.39 is 37.8 Å². The highest BCUT2D eigenvalue weighted by Crippen LogP contribution is 2.11. The van der Waals surface area contributed by atoms with Gasteiger partial charge in [-0.05, 0) is 36.8 Å². The van der Waals surface area contributed by atoms with Gasteiger partial charge in [-0.15, -0.1) is 0 Å². The van der Waals surface area contributed by atoms with Crippen LogP contribution in [-0.2, 0) is 4.74 Å². The Morgan fingerprint density at radius 2 is 1.77 bits per heavy atom. The molecule has 0 saturated heterocycles. The summed E-state index contributed by atoms with van der Waals surface area (Å²) in [6.07, 6.45) is -1.85. The highest BCUT2D eigenvalue weighted by atomic mass is 16.6. The molecule has 4 N–H and O–H groups in total. The van der Waals surface area contributed by atoms with Crippen LogP contribution in [0.3, 0.4) is 0 Å². The van der Waals surface area contributed by atoms with Crippen LogP contribution < -0.4 is 4.74 Å². The molecule has 124 valence electrons. The van der Waals surface area contributed by atoms with Crippen LogP contribution in [0, 0.1) is 0 Å². The second-order valence-corrected chi connectivity index (χ2v) is 4.79. The molecule has 7 heteroatoms. The number of hydrogen-bond donors (Lipinski definition) is 4. The third kappa shape index (κ3) is 5.70. The lowest BCUT2D eigenvalue weighted by Crippen LogP contribution is -2.40. The van der Waals surface area contributed by atoms with Crippen molar-refractivity contribution in [3.63, 3.8) is 0 Å². The minimum absolute atomic E-state index is 0.439. The summed E-state index contributed by atoms with van der Waals surface area (Å²) >= 11 is 0. The van der Waals surface area contributed by atoms with Crippen molar-refractivity contribution in [2.24, 2.45) is 4.99 Å². The molecule has 0 aliphatic heterocycles. The normalized spacial score (nSPS) is 17.2. The van der Waals surface area contributed by atoms with Crippen LogP contribution in [0.5, 0.6) is 5.75 Å². The Bertz CT molecular complexity index is 448. The van der Waals surface area contributed by atoms with Crippen molar-refractivity contribution in [1.29, 1.82) is 0 Å². The molecule has 0 aliphatic rings. The lowest BCUT2D eigenvalue weighted by molar-refractivity contribution is -0.184. The van der Waals surface area contributed by atoms with E-state index in [0.717, 1.165) is 5.56 Å². The monoisotopic (exact) mass is 313 g/mol. The Hall–Kier alpha value is -1.51. The van der Waals surface area contributed by atoms with Gasteiger partial charge in [-0.3, -0.25) is 4.99 Å². The van der Waals surface area contributed by atoms with Crippen molar-refractivity contribution in [1.82, 2.24) is 0 Å². The average Bonchev–Trinajstić information content (AvgIpc) is 2.53. The van der Waals surface area contributed by atoms with Gasteiger partial charge in [0.1, 0.15) is 17.9 Å². The third-order valence-electron chi connectivity index (χ3n) is 3.08. The van der Waals surface area contributed by atoms with Gasteiger partial charge in [0.25, 0.3) is 0 Å². The van der Waals surface area contributed by atoms with Crippen LogP contribution in [0.2, 0.25) is 0 Å². The fraction of sp³-hybridized carbons (Fsp3) is 0.533. The molecule has 0 aromatic heterocycles. The van der Waals surface area contributed by atoms with Gasteiger partial charge in [-0.2, -0.15) is 0 Å². The van der Waals surface area contributed by atoms with Gasteiger partial charge in [-0.25, -0.2) is 0 Å². The van der Waals surface area contributed by atoms with E-state index in [0.29, 0.717) is 5.75 Å². The fourth-order valence-corrected chi connectivity index (χ4v) is 1.66. The summed E-state index contributed by atoms with van der Waals surface area (Å²) in [5, 5.41) is 37.6. The topological polar surface area (TPSA) is 112 Å². The molecular weight excluding hydrogens is 290 g/mol. The highest BCUT2D eigenvalue weighted by molar-refractivity contribution is 5.79. The SMILES string of the molecule is COc1ccc(/C=N/[C@@H](CO)C(O)OC(CO)[C@H](C)O)cc1. The summed E-state index contributed by atoms with van der Waals surface area (Å²) in [7, 11) is 1.57. The number of rotatable bonds is 9. The molecule has 0 aliphatic carbocycles. The van der Waals surface area contributed by atoms with E-state index in [1.165, 1.54) is 13.1 Å². The second-order valence-electron chi connectivity index (χ2n) is 4.79. The van der Waals surface area contributed by atoms with Crippen molar-refractivity contribution in [2.45, 2.75) is 31.5 Å². The number of methoxy groups -OCH3 is 1. The maximum absolute atomic E-state index is 9.88. The number of hydrogen-bond acceptors (Lipinski definition) is 7. The minimum atomic E-state index is -1.44. The average molecular weight is 313 g/mol. The molecule has 0 heterocycles. The zero-order valence-corrected chi connectivity index (χ0v) is 12.7. The summed E-state index contributed by atoms with van der Waals surface area (Å²) < 4.78 is 10.1. The Morgan fingerprint density at radius 3 is 2.23 bits per heavy atom. The summed E-state index contributed by atoms with van der Waals surface area (Å²) in [4.78, 5) is 4.06. The molecule has 1 aromatic rings. The van der Waals surface area contributed by atoms with Crippen molar-refractivity contribution in [3.8, 4) is 5.75 Å². The van der Waals surface area contributed by atoms with Crippen LogP contribution >= 0.6 is 0 Å². The van der Waals surface area contributed by atoms with Gasteiger partial charge < -0.3 is 29.9 Å². The minimum Gasteiger partial charge on any atom is -0.497 e. The van der Waals surface area contributed by atoms with E-state index in [1.807, 2.05) is 0 Å². The molecule has 7 nitrogen and oxygen atoms in total. The third-order valence-corrected chi connectivity index (χ3v) is 3.08. The summed E-state index contributed by atoms with van der Waals surface area (Å²) in [6.45, 7) is 0.545. The van der Waals surface area contributed by atoms with E-state index in [4.69, 9.17) is 14.6 Å². The van der Waals surface area contributed by atoms with Crippen LogP contribution in [0.4, 0.5) is 0 Å². The smallest absolute Gasteiger partial charge is 0.179 e. The van der Waals surface area contributed by atoms with Crippen molar-refractivity contribution in [3.05, 3.63) is 29.8 Å². The lowest BCUT2D eigenvalue weighted by atomic mass is 10.2. The van der Waals surface area contributed by atoms with Crippen molar-refractivity contribution in [2.75, 3.05) is 20.3 Å². The van der Waals surface area contributed by atoms with Crippen molar-refractivity contribution < 1.29 is 29.9 Å². The first kappa shape index (κ1) is 18.5. The van der Waals surface area contributed by atoms with Gasteiger partial charge in [0, 0.05) is 6.21 Å². The first-order chi connectivity index (χ1) is 10.5. The molecule has 0 radical (unpaired) electrons. The Kier molecular flexibility index (Phi) is 8.00. The van der Waals surface area contributed by atoms with E-state index in [9.17, 15) is 15.3 Å². The molecule has 0 fully saturated rings. The van der Waals surface area contributed by atoms with Gasteiger partial charge in [0.15, 0.2) is 6.29 Å². The maximum Gasteiger partial charge on any atom is 0.179 e. The lowest BCUT2D eigenvalue weighted by Gasteiger charge is -2.24. The van der Waals surface area contributed by atoms with Crippen LogP contribution in [0.15, 0.2) is 29.3 Å². The summed E-state index contributed by atoms with van der Waals surface area (Å²) in [5.41, 5.74) is 0.765. The Balaban J connectivity index is 2.67. The predicted molar refractivity (Wildman–Crippen MR) is 81.1 cm³/mol. The van der Waals surface area contributed by atoms with Gasteiger partial charge in [0.2, 0.25) is 0 Å². The molecule has 1 aromatic carbocycles. The first-order valence-electron chi connectivity index (χ1n) is 6.92. The molecule has 1 rings (SSSR count). The zero-order valence-electron chi connectivity index (χ0n) is 12.7. The Morgan fingerprint density at radius 1 is 1.14 bits per heavy atom. The molecule has 0 amide bonds.